The van der Waals surface area contributed by atoms with Gasteiger partial charge in [-0.2, -0.15) is 4.31 Å². The number of thiophene rings is 1. The average Bonchev–Trinajstić information content (AvgIpc) is 3.42. The molecule has 0 bridgehead atoms. The van der Waals surface area contributed by atoms with Gasteiger partial charge in [-0.25, -0.2) is 13.2 Å². The SMILES string of the molecule is Cc1ccsc1C1(OC(=O)NCCN(C)C)C(=O)N(S(=O)(=O)c2cccc3cccnc23)c2ccc(Cl)cc21. The molecule has 1 aliphatic heterocycles. The van der Waals surface area contributed by atoms with Gasteiger partial charge in [-0.1, -0.05) is 29.8 Å². The number of halogens is 1. The van der Waals surface area contributed by atoms with Crippen LogP contribution in [-0.2, 0) is 25.2 Å². The van der Waals surface area contributed by atoms with Gasteiger partial charge in [0, 0.05) is 35.3 Å². The van der Waals surface area contributed by atoms with Crippen LogP contribution in [0.5, 0.6) is 0 Å². The third-order valence-corrected chi connectivity index (χ3v) is 9.49. The fraction of sp³-hybridized carbons (Fsp3) is 0.222. The van der Waals surface area contributed by atoms with E-state index in [0.29, 0.717) is 26.7 Å². The van der Waals surface area contributed by atoms with E-state index < -0.39 is 27.6 Å². The lowest BCUT2D eigenvalue weighted by molar-refractivity contribution is -0.131. The van der Waals surface area contributed by atoms with Crippen molar-refractivity contribution in [1.82, 2.24) is 15.2 Å². The Kier molecular flexibility index (Phi) is 7.10. The lowest BCUT2D eigenvalue weighted by Gasteiger charge is -2.29. The molecule has 1 aliphatic rings. The quantitative estimate of drug-likeness (QED) is 0.340. The van der Waals surface area contributed by atoms with Gasteiger partial charge in [0.15, 0.2) is 0 Å². The summed E-state index contributed by atoms with van der Waals surface area (Å²) in [5.74, 6) is -0.944. The van der Waals surface area contributed by atoms with Gasteiger partial charge >= 0.3 is 6.09 Å². The number of aryl methyl sites for hydroxylation is 1. The number of hydrogen-bond donors (Lipinski definition) is 1. The van der Waals surface area contributed by atoms with Crippen molar-refractivity contribution in [2.45, 2.75) is 17.4 Å². The molecule has 9 nitrogen and oxygen atoms in total. The fourth-order valence-electron chi connectivity index (χ4n) is 4.61. The third-order valence-electron chi connectivity index (χ3n) is 6.41. The smallest absolute Gasteiger partial charge is 0.408 e. The molecule has 0 saturated carbocycles. The lowest BCUT2D eigenvalue weighted by Crippen LogP contribution is -2.48. The van der Waals surface area contributed by atoms with Crippen LogP contribution in [-0.4, -0.2) is 57.5 Å². The monoisotopic (exact) mass is 584 g/mol. The van der Waals surface area contributed by atoms with Gasteiger partial charge in [-0.05, 0) is 68.4 Å². The van der Waals surface area contributed by atoms with Crippen molar-refractivity contribution in [3.05, 3.63) is 87.2 Å². The van der Waals surface area contributed by atoms with Crippen molar-refractivity contribution in [3.63, 3.8) is 0 Å². The van der Waals surface area contributed by atoms with Crippen LogP contribution >= 0.6 is 22.9 Å². The van der Waals surface area contributed by atoms with Crippen LogP contribution in [0.25, 0.3) is 10.9 Å². The number of fused-ring (bicyclic) bond motifs is 2. The maximum Gasteiger partial charge on any atom is 0.408 e. The first-order chi connectivity index (χ1) is 18.6. The Bertz CT molecular complexity index is 1700. The Morgan fingerprint density at radius 3 is 2.67 bits per heavy atom. The molecule has 1 atom stereocenters. The highest BCUT2D eigenvalue weighted by molar-refractivity contribution is 7.93. The predicted octanol–water partition coefficient (Wildman–Crippen LogP) is 4.53. The number of ether oxygens (including phenoxy) is 1. The van der Waals surface area contributed by atoms with Crippen molar-refractivity contribution in [2.24, 2.45) is 0 Å². The Hall–Kier alpha value is -3.51. The molecule has 5 rings (SSSR count). The summed E-state index contributed by atoms with van der Waals surface area (Å²) in [7, 11) is -0.807. The van der Waals surface area contributed by atoms with E-state index >= 15 is 0 Å². The Balaban J connectivity index is 1.71. The number of hydrogen-bond acceptors (Lipinski definition) is 8. The number of nitrogens with zero attached hydrogens (tertiary/aromatic N) is 3. The van der Waals surface area contributed by atoms with E-state index in [9.17, 15) is 18.0 Å². The van der Waals surface area contributed by atoms with Gasteiger partial charge in [0.25, 0.3) is 21.5 Å². The summed E-state index contributed by atoms with van der Waals surface area (Å²) < 4.78 is 35.2. The number of anilines is 1. The largest absolute Gasteiger partial charge is 0.422 e. The van der Waals surface area contributed by atoms with Crippen LogP contribution in [0.3, 0.4) is 0 Å². The summed E-state index contributed by atoms with van der Waals surface area (Å²) in [5.41, 5.74) is -0.996. The van der Waals surface area contributed by atoms with Crippen LogP contribution in [0.15, 0.2) is 71.1 Å². The number of carbonyl (C=O) groups excluding carboxylic acids is 2. The van der Waals surface area contributed by atoms with Crippen LogP contribution in [0.1, 0.15) is 16.0 Å². The van der Waals surface area contributed by atoms with Crippen molar-refractivity contribution in [3.8, 4) is 0 Å². The zero-order valence-corrected chi connectivity index (χ0v) is 23.7. The number of para-hydroxylation sites is 1. The summed E-state index contributed by atoms with van der Waals surface area (Å²) in [6.07, 6.45) is 0.622. The molecule has 2 aromatic carbocycles. The number of amides is 2. The number of aromatic nitrogens is 1. The highest BCUT2D eigenvalue weighted by atomic mass is 35.5. The van der Waals surface area contributed by atoms with Crippen molar-refractivity contribution in [1.29, 1.82) is 0 Å². The molecule has 202 valence electrons. The second-order valence-electron chi connectivity index (χ2n) is 9.30. The van der Waals surface area contributed by atoms with E-state index in [1.165, 1.54) is 41.8 Å². The topological polar surface area (TPSA) is 109 Å². The van der Waals surface area contributed by atoms with Gasteiger partial charge in [0.2, 0.25) is 0 Å². The molecule has 0 radical (unpaired) electrons. The summed E-state index contributed by atoms with van der Waals surface area (Å²) in [6, 6.07) is 14.4. The molecule has 1 N–H and O–H groups in total. The predicted molar refractivity (Wildman–Crippen MR) is 151 cm³/mol. The second kappa shape index (κ2) is 10.2. The van der Waals surface area contributed by atoms with E-state index in [1.807, 2.05) is 19.0 Å². The molecule has 39 heavy (non-hydrogen) atoms. The number of nitrogens with one attached hydrogen (secondary N) is 1. The molecule has 2 aromatic heterocycles. The van der Waals surface area contributed by atoms with Gasteiger partial charge in [-0.3, -0.25) is 9.78 Å². The molecule has 2 amide bonds. The van der Waals surface area contributed by atoms with Crippen LogP contribution < -0.4 is 9.62 Å². The number of sulfonamides is 1. The molecule has 12 heteroatoms. The fourth-order valence-corrected chi connectivity index (χ4v) is 7.48. The number of likely N-dealkylation sites (N-methyl/N-ethyl adjacent to an activating group) is 1. The normalized spacial score (nSPS) is 17.1. The van der Waals surface area contributed by atoms with E-state index in [4.69, 9.17) is 16.3 Å². The van der Waals surface area contributed by atoms with Crippen molar-refractivity contribution < 1.29 is 22.7 Å². The minimum atomic E-state index is -4.52. The van der Waals surface area contributed by atoms with Crippen LogP contribution in [0.4, 0.5) is 10.5 Å². The van der Waals surface area contributed by atoms with Crippen molar-refractivity contribution in [2.75, 3.05) is 31.5 Å². The highest BCUT2D eigenvalue weighted by Crippen LogP contribution is 2.52. The minimum absolute atomic E-state index is 0.0474. The van der Waals surface area contributed by atoms with Gasteiger partial charge in [0.05, 0.1) is 16.1 Å². The molecule has 1 unspecified atom stereocenters. The standard InChI is InChI=1S/C27H25ClN4O5S2/c1-17-11-15-38-24(17)27(37-26(34)30-13-14-31(2)3)20-16-19(28)9-10-21(20)32(25(27)33)39(35,36)22-8-4-6-18-7-5-12-29-23(18)22/h4-12,15-16H,13-14H2,1-3H3,(H,30,34). The summed E-state index contributed by atoms with van der Waals surface area (Å²) in [6.45, 7) is 2.56. The average molecular weight is 585 g/mol. The van der Waals surface area contributed by atoms with E-state index in [1.54, 1.807) is 42.6 Å². The summed E-state index contributed by atoms with van der Waals surface area (Å²) >= 11 is 7.55. The minimum Gasteiger partial charge on any atom is -0.422 e. The molecule has 0 aliphatic carbocycles. The number of alkyl carbamates (subject to hydrolysis) is 1. The van der Waals surface area contributed by atoms with Gasteiger partial charge < -0.3 is 15.0 Å². The number of carbonyl (C=O) groups is 2. The molecule has 0 fully saturated rings. The molecule has 0 spiro atoms. The number of rotatable bonds is 7. The van der Waals surface area contributed by atoms with Gasteiger partial charge in [0.1, 0.15) is 4.90 Å². The Morgan fingerprint density at radius 1 is 1.18 bits per heavy atom. The summed E-state index contributed by atoms with van der Waals surface area (Å²) in [5, 5.41) is 5.26. The highest BCUT2D eigenvalue weighted by Gasteiger charge is 2.60. The zero-order valence-electron chi connectivity index (χ0n) is 21.3. The van der Waals surface area contributed by atoms with Gasteiger partial charge in [-0.15, -0.1) is 11.3 Å². The first kappa shape index (κ1) is 27.1. The maximum absolute atomic E-state index is 14.5. The molecule has 4 aromatic rings. The molecular formula is C27H25ClN4O5S2. The van der Waals surface area contributed by atoms with E-state index in [0.717, 1.165) is 0 Å². The molecular weight excluding hydrogens is 560 g/mol. The first-order valence-electron chi connectivity index (χ1n) is 12.0. The Labute approximate surface area is 235 Å². The zero-order chi connectivity index (χ0) is 27.9. The first-order valence-corrected chi connectivity index (χ1v) is 14.7. The van der Waals surface area contributed by atoms with Crippen molar-refractivity contribution >= 4 is 61.6 Å². The number of benzene rings is 2. The molecule has 0 saturated heterocycles. The maximum atomic E-state index is 14.5. The second-order valence-corrected chi connectivity index (χ2v) is 12.4. The van der Waals surface area contributed by atoms with Crippen LogP contribution in [0.2, 0.25) is 5.02 Å². The van der Waals surface area contributed by atoms with E-state index in [2.05, 4.69) is 10.3 Å². The third kappa shape index (κ3) is 4.55. The molecule has 3 heterocycles. The van der Waals surface area contributed by atoms with Crippen LogP contribution in [0, 0.1) is 6.92 Å². The van der Waals surface area contributed by atoms with E-state index in [-0.39, 0.29) is 33.2 Å². The number of pyridine rings is 1. The Morgan fingerprint density at radius 2 is 1.95 bits per heavy atom. The summed E-state index contributed by atoms with van der Waals surface area (Å²) in [4.78, 5) is 34.0. The lowest BCUT2D eigenvalue weighted by atomic mass is 9.91.